The maximum atomic E-state index is 12.3. The molecule has 0 fully saturated rings. The highest BCUT2D eigenvalue weighted by molar-refractivity contribution is 8.14. The zero-order chi connectivity index (χ0) is 20.6. The van der Waals surface area contributed by atoms with Gasteiger partial charge < -0.3 is 9.88 Å². The third kappa shape index (κ3) is 3.90. The molecule has 29 heavy (non-hydrogen) atoms. The normalized spacial score (nSPS) is 19.2. The van der Waals surface area contributed by atoms with E-state index in [2.05, 4.69) is 20.3 Å². The lowest BCUT2D eigenvalue weighted by Gasteiger charge is -2.22. The molecule has 1 aromatic carbocycles. The van der Waals surface area contributed by atoms with Crippen molar-refractivity contribution < 1.29 is 8.42 Å². The van der Waals surface area contributed by atoms with Gasteiger partial charge in [-0.15, -0.1) is 0 Å². The molecule has 0 saturated heterocycles. The Morgan fingerprint density at radius 1 is 1.21 bits per heavy atom. The molecule has 1 N–H and O–H groups in total. The summed E-state index contributed by atoms with van der Waals surface area (Å²) < 4.78 is 26.5. The Hall–Kier alpha value is -2.72. The Morgan fingerprint density at radius 3 is 2.69 bits per heavy atom. The van der Waals surface area contributed by atoms with Crippen molar-refractivity contribution in [2.24, 2.45) is 4.99 Å². The maximum absolute atomic E-state index is 12.3. The molecule has 0 spiro atoms. The summed E-state index contributed by atoms with van der Waals surface area (Å²) in [7, 11) is -3.41. The number of anilines is 1. The van der Waals surface area contributed by atoms with Crippen LogP contribution in [0.1, 0.15) is 18.3 Å². The van der Waals surface area contributed by atoms with E-state index in [0.717, 1.165) is 16.5 Å². The van der Waals surface area contributed by atoms with Crippen molar-refractivity contribution >= 4 is 32.6 Å². The maximum Gasteiger partial charge on any atom is 0.177 e. The summed E-state index contributed by atoms with van der Waals surface area (Å²) in [5, 5.41) is 3.93. The molecule has 0 amide bonds. The van der Waals surface area contributed by atoms with Crippen molar-refractivity contribution in [2.75, 3.05) is 17.3 Å². The summed E-state index contributed by atoms with van der Waals surface area (Å²) in [6.45, 7) is 3.87. The molecule has 150 valence electrons. The van der Waals surface area contributed by atoms with Crippen LogP contribution in [0, 0.1) is 6.92 Å². The van der Waals surface area contributed by atoms with Gasteiger partial charge in [-0.05, 0) is 31.5 Å². The Labute approximate surface area is 173 Å². The van der Waals surface area contributed by atoms with Crippen LogP contribution < -0.4 is 5.32 Å². The van der Waals surface area contributed by atoms with Crippen LogP contribution in [0.2, 0.25) is 0 Å². The van der Waals surface area contributed by atoms with Gasteiger partial charge in [-0.2, -0.15) is 0 Å². The zero-order valence-electron chi connectivity index (χ0n) is 16.2. The van der Waals surface area contributed by atoms with Crippen molar-refractivity contribution in [3.8, 4) is 5.69 Å². The number of benzene rings is 1. The standard InChI is InChI=1S/C19H20N6O2S2/c1-13-21-8-9-25(13)15-10-14(4-5-16(15)29(3,26)27)19(2)12-28-18(24-19)23-17-11-20-6-7-22-17/h4-11H,12H2,1-3H3,(H,22,23,24)/t19-/m1/s1. The Bertz CT molecular complexity index is 1190. The van der Waals surface area contributed by atoms with Gasteiger partial charge in [0.05, 0.1) is 22.3 Å². The molecule has 4 rings (SSSR count). The fourth-order valence-electron chi connectivity index (χ4n) is 3.17. The van der Waals surface area contributed by atoms with E-state index < -0.39 is 15.4 Å². The molecule has 10 heteroatoms. The summed E-state index contributed by atoms with van der Waals surface area (Å²) in [6, 6.07) is 5.38. The number of aromatic nitrogens is 4. The number of hydrogen-bond donors (Lipinski definition) is 1. The van der Waals surface area contributed by atoms with Gasteiger partial charge >= 0.3 is 0 Å². The number of rotatable bonds is 4. The molecule has 2 aromatic heterocycles. The van der Waals surface area contributed by atoms with Gasteiger partial charge in [0.1, 0.15) is 11.6 Å². The van der Waals surface area contributed by atoms with Crippen LogP contribution in [0.25, 0.3) is 5.69 Å². The molecule has 0 unspecified atom stereocenters. The molecule has 3 aromatic rings. The highest BCUT2D eigenvalue weighted by atomic mass is 32.2. The van der Waals surface area contributed by atoms with Gasteiger partial charge in [-0.3, -0.25) is 9.98 Å². The van der Waals surface area contributed by atoms with Gasteiger partial charge in [-0.1, -0.05) is 17.8 Å². The van der Waals surface area contributed by atoms with Crippen molar-refractivity contribution in [1.29, 1.82) is 0 Å². The van der Waals surface area contributed by atoms with Gasteiger partial charge in [-0.25, -0.2) is 18.4 Å². The fraction of sp³-hybridized carbons (Fsp3) is 0.263. The first-order valence-corrected chi connectivity index (χ1v) is 11.7. The summed E-state index contributed by atoms with van der Waals surface area (Å²) in [4.78, 5) is 17.6. The lowest BCUT2D eigenvalue weighted by molar-refractivity contribution is 0.577. The highest BCUT2D eigenvalue weighted by Crippen LogP contribution is 2.38. The second kappa shape index (κ2) is 7.27. The molecule has 0 aliphatic carbocycles. The predicted octanol–water partition coefficient (Wildman–Crippen LogP) is 2.80. The fourth-order valence-corrected chi connectivity index (χ4v) is 5.11. The highest BCUT2D eigenvalue weighted by Gasteiger charge is 2.34. The predicted molar refractivity (Wildman–Crippen MR) is 114 cm³/mol. The second-order valence-electron chi connectivity index (χ2n) is 6.99. The first kappa shape index (κ1) is 19.6. The number of amidine groups is 1. The minimum absolute atomic E-state index is 0.262. The van der Waals surface area contributed by atoms with E-state index in [0.29, 0.717) is 17.3 Å². The molecule has 0 saturated carbocycles. The molecule has 8 nitrogen and oxygen atoms in total. The van der Waals surface area contributed by atoms with E-state index in [9.17, 15) is 8.42 Å². The molecule has 0 radical (unpaired) electrons. The van der Waals surface area contributed by atoms with Crippen molar-refractivity contribution in [3.05, 3.63) is 60.6 Å². The average molecular weight is 429 g/mol. The molecular formula is C19H20N6O2S2. The number of nitrogens with one attached hydrogen (secondary N) is 1. The SMILES string of the molecule is Cc1nccn1-c1cc([C@@]2(C)CSC(Nc3cnccn3)=N2)ccc1S(C)(=O)=O. The Balaban J connectivity index is 1.75. The molecule has 0 bridgehead atoms. The number of hydrogen-bond acceptors (Lipinski definition) is 8. The van der Waals surface area contributed by atoms with Crippen LogP contribution in [0.3, 0.4) is 0 Å². The first-order chi connectivity index (χ1) is 13.8. The van der Waals surface area contributed by atoms with Crippen molar-refractivity contribution in [2.45, 2.75) is 24.3 Å². The lowest BCUT2D eigenvalue weighted by atomic mass is 9.94. The number of aliphatic imine (C=N–C) groups is 1. The van der Waals surface area contributed by atoms with Crippen LogP contribution in [0.4, 0.5) is 5.82 Å². The van der Waals surface area contributed by atoms with E-state index in [1.54, 1.807) is 53.4 Å². The van der Waals surface area contributed by atoms with Crippen LogP contribution in [0.15, 0.2) is 59.1 Å². The largest absolute Gasteiger partial charge is 0.318 e. The number of aryl methyl sites for hydroxylation is 1. The second-order valence-corrected chi connectivity index (χ2v) is 9.94. The Kier molecular flexibility index (Phi) is 4.91. The molecule has 1 aliphatic rings. The topological polar surface area (TPSA) is 102 Å². The number of nitrogens with zero attached hydrogens (tertiary/aromatic N) is 5. The zero-order valence-corrected chi connectivity index (χ0v) is 17.8. The minimum Gasteiger partial charge on any atom is -0.318 e. The van der Waals surface area contributed by atoms with Crippen LogP contribution in [-0.4, -0.2) is 45.1 Å². The molecule has 1 aliphatic heterocycles. The lowest BCUT2D eigenvalue weighted by Crippen LogP contribution is -2.20. The molecular weight excluding hydrogens is 408 g/mol. The van der Waals surface area contributed by atoms with E-state index >= 15 is 0 Å². The van der Waals surface area contributed by atoms with E-state index in [1.807, 2.05) is 26.0 Å². The Morgan fingerprint density at radius 2 is 2.03 bits per heavy atom. The van der Waals surface area contributed by atoms with Crippen molar-refractivity contribution in [1.82, 2.24) is 19.5 Å². The smallest absolute Gasteiger partial charge is 0.177 e. The van der Waals surface area contributed by atoms with E-state index in [1.165, 1.54) is 6.26 Å². The number of thioether (sulfide) groups is 1. The number of imidazole rings is 1. The summed E-state index contributed by atoms with van der Waals surface area (Å²) in [5.41, 5.74) is 1.00. The quantitative estimate of drug-likeness (QED) is 0.682. The van der Waals surface area contributed by atoms with Gasteiger partial charge in [0.15, 0.2) is 15.0 Å². The number of sulfone groups is 1. The van der Waals surface area contributed by atoms with E-state index in [-0.39, 0.29) is 4.90 Å². The van der Waals surface area contributed by atoms with Gasteiger partial charge in [0.25, 0.3) is 0 Å². The van der Waals surface area contributed by atoms with Gasteiger partial charge in [0.2, 0.25) is 0 Å². The monoisotopic (exact) mass is 428 g/mol. The minimum atomic E-state index is -3.41. The third-order valence-electron chi connectivity index (χ3n) is 4.70. The summed E-state index contributed by atoms with van der Waals surface area (Å²) in [5.74, 6) is 2.06. The third-order valence-corrected chi connectivity index (χ3v) is 7.02. The van der Waals surface area contributed by atoms with Crippen LogP contribution in [-0.2, 0) is 15.4 Å². The average Bonchev–Trinajstić information content (AvgIpc) is 3.28. The first-order valence-electron chi connectivity index (χ1n) is 8.87. The van der Waals surface area contributed by atoms with Crippen molar-refractivity contribution in [3.63, 3.8) is 0 Å². The van der Waals surface area contributed by atoms with Crippen LogP contribution in [0.5, 0.6) is 0 Å². The molecule has 3 heterocycles. The van der Waals surface area contributed by atoms with Crippen LogP contribution >= 0.6 is 11.8 Å². The summed E-state index contributed by atoms with van der Waals surface area (Å²) in [6.07, 6.45) is 9.50. The summed E-state index contributed by atoms with van der Waals surface area (Å²) >= 11 is 1.59. The van der Waals surface area contributed by atoms with Gasteiger partial charge in [0, 0.05) is 36.8 Å². The van der Waals surface area contributed by atoms with E-state index in [4.69, 9.17) is 4.99 Å². The molecule has 1 atom stereocenters.